The number of hydrogen-bond acceptors (Lipinski definition) is 4. The van der Waals surface area contributed by atoms with E-state index in [1.807, 2.05) is 14.0 Å². The summed E-state index contributed by atoms with van der Waals surface area (Å²) in [6, 6.07) is 0. The summed E-state index contributed by atoms with van der Waals surface area (Å²) >= 11 is 0. The van der Waals surface area contributed by atoms with Gasteiger partial charge in [-0.2, -0.15) is 5.10 Å². The van der Waals surface area contributed by atoms with E-state index in [1.54, 1.807) is 4.68 Å². The molecule has 0 saturated heterocycles. The lowest BCUT2D eigenvalue weighted by molar-refractivity contribution is 0.121. The van der Waals surface area contributed by atoms with E-state index in [4.69, 9.17) is 10.6 Å². The van der Waals surface area contributed by atoms with Gasteiger partial charge in [-0.3, -0.25) is 4.68 Å². The SMILES string of the molecule is CCCOCc1c(C)nn(C)c1NN. The molecule has 0 aliphatic carbocycles. The Bertz CT molecular complexity index is 295. The summed E-state index contributed by atoms with van der Waals surface area (Å²) in [5.41, 5.74) is 4.62. The Labute approximate surface area is 84.2 Å². The molecule has 5 heteroatoms. The van der Waals surface area contributed by atoms with E-state index < -0.39 is 0 Å². The first kappa shape index (κ1) is 11.0. The maximum atomic E-state index is 5.46. The van der Waals surface area contributed by atoms with Gasteiger partial charge in [0.25, 0.3) is 0 Å². The van der Waals surface area contributed by atoms with Crippen LogP contribution in [0, 0.1) is 6.92 Å². The number of aryl methyl sites for hydroxylation is 2. The van der Waals surface area contributed by atoms with Crippen LogP contribution < -0.4 is 11.3 Å². The summed E-state index contributed by atoms with van der Waals surface area (Å²) in [6.07, 6.45) is 1.02. The van der Waals surface area contributed by atoms with Gasteiger partial charge in [-0.15, -0.1) is 0 Å². The number of anilines is 1. The molecule has 80 valence electrons. The maximum absolute atomic E-state index is 5.46. The quantitative estimate of drug-likeness (QED) is 0.420. The molecule has 1 aromatic rings. The monoisotopic (exact) mass is 198 g/mol. The smallest absolute Gasteiger partial charge is 0.143 e. The molecule has 14 heavy (non-hydrogen) atoms. The number of aromatic nitrogens is 2. The standard InChI is InChI=1S/C9H18N4O/c1-4-5-14-6-8-7(2)12-13(3)9(8)11-10/h11H,4-6,10H2,1-3H3. The Hall–Kier alpha value is -1.07. The third kappa shape index (κ3) is 2.24. The molecule has 3 N–H and O–H groups in total. The van der Waals surface area contributed by atoms with Gasteiger partial charge in [0.1, 0.15) is 5.82 Å². The van der Waals surface area contributed by atoms with Crippen LogP contribution in [0.25, 0.3) is 0 Å². The molecule has 0 radical (unpaired) electrons. The lowest BCUT2D eigenvalue weighted by Gasteiger charge is -2.05. The summed E-state index contributed by atoms with van der Waals surface area (Å²) in [4.78, 5) is 0. The van der Waals surface area contributed by atoms with Crippen LogP contribution >= 0.6 is 0 Å². The highest BCUT2D eigenvalue weighted by Gasteiger charge is 2.11. The molecule has 0 aliphatic heterocycles. The molecule has 0 unspecified atom stereocenters. The van der Waals surface area contributed by atoms with Crippen LogP contribution in [0.3, 0.4) is 0 Å². The first-order valence-electron chi connectivity index (χ1n) is 4.77. The van der Waals surface area contributed by atoms with Gasteiger partial charge in [-0.25, -0.2) is 5.84 Å². The van der Waals surface area contributed by atoms with Gasteiger partial charge in [-0.05, 0) is 13.3 Å². The van der Waals surface area contributed by atoms with Crippen LogP contribution in [0.15, 0.2) is 0 Å². The van der Waals surface area contributed by atoms with Crippen LogP contribution in [0.4, 0.5) is 5.82 Å². The first-order chi connectivity index (χ1) is 6.70. The van der Waals surface area contributed by atoms with E-state index in [9.17, 15) is 0 Å². The highest BCUT2D eigenvalue weighted by atomic mass is 16.5. The van der Waals surface area contributed by atoms with Crippen molar-refractivity contribution in [1.82, 2.24) is 9.78 Å². The number of hydrazine groups is 1. The zero-order valence-electron chi connectivity index (χ0n) is 9.00. The second-order valence-corrected chi connectivity index (χ2v) is 3.23. The molecule has 0 amide bonds. The Morgan fingerprint density at radius 1 is 1.57 bits per heavy atom. The molecule has 0 atom stereocenters. The number of nitrogen functional groups attached to an aromatic ring is 1. The molecule has 0 saturated carbocycles. The van der Waals surface area contributed by atoms with Crippen LogP contribution in [0.5, 0.6) is 0 Å². The van der Waals surface area contributed by atoms with Gasteiger partial charge in [0, 0.05) is 19.2 Å². The lowest BCUT2D eigenvalue weighted by atomic mass is 10.2. The van der Waals surface area contributed by atoms with E-state index >= 15 is 0 Å². The van der Waals surface area contributed by atoms with Crippen molar-refractivity contribution in [2.45, 2.75) is 26.9 Å². The second kappa shape index (κ2) is 4.97. The van der Waals surface area contributed by atoms with E-state index in [1.165, 1.54) is 0 Å². The summed E-state index contributed by atoms with van der Waals surface area (Å²) in [6.45, 7) is 5.36. The van der Waals surface area contributed by atoms with Gasteiger partial charge >= 0.3 is 0 Å². The van der Waals surface area contributed by atoms with E-state index in [0.29, 0.717) is 6.61 Å². The van der Waals surface area contributed by atoms with Crippen LogP contribution in [0.2, 0.25) is 0 Å². The Morgan fingerprint density at radius 2 is 2.29 bits per heavy atom. The number of rotatable bonds is 5. The van der Waals surface area contributed by atoms with Crippen LogP contribution in [0.1, 0.15) is 24.6 Å². The van der Waals surface area contributed by atoms with Crippen molar-refractivity contribution in [2.75, 3.05) is 12.0 Å². The van der Waals surface area contributed by atoms with Gasteiger partial charge < -0.3 is 10.2 Å². The average Bonchev–Trinajstić information content (AvgIpc) is 2.42. The zero-order valence-corrected chi connectivity index (χ0v) is 9.00. The van der Waals surface area contributed by atoms with Gasteiger partial charge in [0.15, 0.2) is 0 Å². The molecule has 0 aromatic carbocycles. The predicted molar refractivity (Wildman–Crippen MR) is 55.7 cm³/mol. The topological polar surface area (TPSA) is 65.1 Å². The molecule has 1 aromatic heterocycles. The minimum absolute atomic E-state index is 0.563. The number of hydrogen-bond donors (Lipinski definition) is 2. The third-order valence-electron chi connectivity index (χ3n) is 2.08. The molecular formula is C9H18N4O. The average molecular weight is 198 g/mol. The minimum atomic E-state index is 0.563. The number of nitrogens with one attached hydrogen (secondary N) is 1. The van der Waals surface area contributed by atoms with Crippen molar-refractivity contribution in [3.8, 4) is 0 Å². The predicted octanol–water partition coefficient (Wildman–Crippen LogP) is 0.941. The molecule has 1 heterocycles. The van der Waals surface area contributed by atoms with Crippen molar-refractivity contribution < 1.29 is 4.74 Å². The number of nitrogens with two attached hydrogens (primary N) is 1. The summed E-state index contributed by atoms with van der Waals surface area (Å²) in [7, 11) is 1.85. The normalized spacial score (nSPS) is 10.6. The van der Waals surface area contributed by atoms with Gasteiger partial charge in [-0.1, -0.05) is 6.92 Å². The Balaban J connectivity index is 2.73. The summed E-state index contributed by atoms with van der Waals surface area (Å²) in [5.74, 6) is 6.22. The number of nitrogens with zero attached hydrogens (tertiary/aromatic N) is 2. The van der Waals surface area contributed by atoms with Gasteiger partial charge in [0.2, 0.25) is 0 Å². The third-order valence-corrected chi connectivity index (χ3v) is 2.08. The largest absolute Gasteiger partial charge is 0.377 e. The molecule has 0 bridgehead atoms. The van der Waals surface area contributed by atoms with Crippen LogP contribution in [-0.2, 0) is 18.4 Å². The Morgan fingerprint density at radius 3 is 2.86 bits per heavy atom. The zero-order chi connectivity index (χ0) is 10.6. The molecule has 1 rings (SSSR count). The lowest BCUT2D eigenvalue weighted by Crippen LogP contribution is -2.13. The van der Waals surface area contributed by atoms with Crippen molar-refractivity contribution in [3.63, 3.8) is 0 Å². The van der Waals surface area contributed by atoms with Crippen molar-refractivity contribution >= 4 is 5.82 Å². The maximum Gasteiger partial charge on any atom is 0.143 e. The van der Waals surface area contributed by atoms with E-state index in [-0.39, 0.29) is 0 Å². The summed E-state index contributed by atoms with van der Waals surface area (Å²) < 4.78 is 7.18. The van der Waals surface area contributed by atoms with E-state index in [2.05, 4.69) is 17.4 Å². The highest BCUT2D eigenvalue weighted by Crippen LogP contribution is 2.18. The summed E-state index contributed by atoms with van der Waals surface area (Å²) in [5, 5.41) is 4.25. The van der Waals surface area contributed by atoms with Crippen molar-refractivity contribution in [3.05, 3.63) is 11.3 Å². The highest BCUT2D eigenvalue weighted by molar-refractivity contribution is 5.45. The molecule has 5 nitrogen and oxygen atoms in total. The number of ether oxygens (including phenoxy) is 1. The first-order valence-corrected chi connectivity index (χ1v) is 4.77. The molecule has 0 aliphatic rings. The van der Waals surface area contributed by atoms with Crippen molar-refractivity contribution in [1.29, 1.82) is 0 Å². The van der Waals surface area contributed by atoms with Crippen LogP contribution in [-0.4, -0.2) is 16.4 Å². The molecule has 0 spiro atoms. The fourth-order valence-electron chi connectivity index (χ4n) is 1.37. The molecular weight excluding hydrogens is 180 g/mol. The van der Waals surface area contributed by atoms with Crippen molar-refractivity contribution in [2.24, 2.45) is 12.9 Å². The molecule has 0 fully saturated rings. The van der Waals surface area contributed by atoms with Gasteiger partial charge in [0.05, 0.1) is 12.3 Å². The fraction of sp³-hybridized carbons (Fsp3) is 0.667. The fourth-order valence-corrected chi connectivity index (χ4v) is 1.37. The minimum Gasteiger partial charge on any atom is -0.377 e. The Kier molecular flexibility index (Phi) is 3.91. The second-order valence-electron chi connectivity index (χ2n) is 3.23. The van der Waals surface area contributed by atoms with E-state index in [0.717, 1.165) is 30.1 Å².